The minimum Gasteiger partial charge on any atom is -0.324 e. The Bertz CT molecular complexity index is 1720. The van der Waals surface area contributed by atoms with Gasteiger partial charge in [-0.3, -0.25) is 13.9 Å². The van der Waals surface area contributed by atoms with Gasteiger partial charge in [0.2, 0.25) is 5.95 Å². The van der Waals surface area contributed by atoms with Crippen molar-refractivity contribution in [2.75, 3.05) is 5.32 Å². The Balaban J connectivity index is 1.63. The summed E-state index contributed by atoms with van der Waals surface area (Å²) in [6, 6.07) is 6.21. The largest absolute Gasteiger partial charge is 0.355 e. The molecule has 5 aromatic rings. The minimum absolute atomic E-state index is 0.148. The molecule has 0 amide bonds. The van der Waals surface area contributed by atoms with E-state index < -0.39 is 23.0 Å². The monoisotopic (exact) mass is 513 g/mol. The highest BCUT2D eigenvalue weighted by atomic mass is 35.5. The summed E-state index contributed by atoms with van der Waals surface area (Å²) in [5, 5.41) is 12.3. The van der Waals surface area contributed by atoms with Gasteiger partial charge in [0, 0.05) is 31.7 Å². The van der Waals surface area contributed by atoms with Crippen LogP contribution in [0.2, 0.25) is 5.02 Å². The molecule has 1 N–H and O–H groups in total. The average Bonchev–Trinajstić information content (AvgIpc) is 3.37. The Morgan fingerprint density at radius 3 is 2.39 bits per heavy atom. The third kappa shape index (κ3) is 4.60. The van der Waals surface area contributed by atoms with Crippen molar-refractivity contribution in [1.82, 2.24) is 38.7 Å². The van der Waals surface area contributed by atoms with Gasteiger partial charge in [0.15, 0.2) is 5.82 Å². The second-order valence-electron chi connectivity index (χ2n) is 8.10. The third-order valence-electron chi connectivity index (χ3n) is 5.31. The maximum absolute atomic E-state index is 13.9. The first-order valence-corrected chi connectivity index (χ1v) is 10.9. The highest BCUT2D eigenvalue weighted by Gasteiger charge is 2.18. The van der Waals surface area contributed by atoms with Gasteiger partial charge in [-0.2, -0.15) is 15.2 Å². The third-order valence-corrected chi connectivity index (χ3v) is 5.63. The summed E-state index contributed by atoms with van der Waals surface area (Å²) in [4.78, 5) is 34.4. The van der Waals surface area contributed by atoms with E-state index in [0.29, 0.717) is 11.2 Å². The molecule has 11 nitrogen and oxygen atoms in total. The Morgan fingerprint density at radius 1 is 0.944 bits per heavy atom. The predicted molar refractivity (Wildman–Crippen MR) is 127 cm³/mol. The van der Waals surface area contributed by atoms with Crippen LogP contribution in [-0.4, -0.2) is 38.7 Å². The molecule has 0 aliphatic rings. The van der Waals surface area contributed by atoms with Crippen LogP contribution in [-0.2, 0) is 27.2 Å². The van der Waals surface area contributed by atoms with E-state index in [1.165, 1.54) is 11.0 Å². The number of nitrogens with zero attached hydrogens (tertiary/aromatic N) is 8. The fourth-order valence-corrected chi connectivity index (χ4v) is 3.98. The first-order valence-electron chi connectivity index (χ1n) is 10.6. The zero-order valence-electron chi connectivity index (χ0n) is 19.0. The molecular weight excluding hydrogens is 496 g/mol. The Labute approximate surface area is 206 Å². The lowest BCUT2D eigenvalue weighted by Gasteiger charge is -2.16. The zero-order chi connectivity index (χ0) is 25.6. The molecule has 0 bridgehead atoms. The summed E-state index contributed by atoms with van der Waals surface area (Å²) in [5.41, 5.74) is -0.503. The standard InChI is InChI=1S/C22H18ClF2N9O2/c1-31-9-13-5-18(16(23)7-17(13)29-31)27-20-28-21(35)34(10-19-26-11-32(2)30-19)22(36)33(20)8-12-3-14(24)6-15(25)4-12/h3-7,9,11H,8,10H2,1-2H3,(H,27,28,35). The molecule has 0 aliphatic carbocycles. The molecule has 3 aromatic heterocycles. The second kappa shape index (κ2) is 9.00. The van der Waals surface area contributed by atoms with Crippen molar-refractivity contribution in [2.24, 2.45) is 14.1 Å². The fourth-order valence-electron chi connectivity index (χ4n) is 3.77. The van der Waals surface area contributed by atoms with E-state index in [2.05, 4.69) is 25.5 Å². The average molecular weight is 514 g/mol. The fraction of sp³-hybridized carbons (Fsp3) is 0.182. The number of anilines is 2. The molecule has 0 spiro atoms. The van der Waals surface area contributed by atoms with E-state index in [9.17, 15) is 18.4 Å². The molecule has 0 radical (unpaired) electrons. The summed E-state index contributed by atoms with van der Waals surface area (Å²) in [6.45, 7) is -0.531. The van der Waals surface area contributed by atoms with E-state index in [0.717, 1.165) is 32.7 Å². The summed E-state index contributed by atoms with van der Waals surface area (Å²) >= 11 is 6.41. The van der Waals surface area contributed by atoms with Crippen LogP contribution in [0.5, 0.6) is 0 Å². The van der Waals surface area contributed by atoms with E-state index in [4.69, 9.17) is 11.6 Å². The van der Waals surface area contributed by atoms with Crippen molar-refractivity contribution in [2.45, 2.75) is 13.1 Å². The van der Waals surface area contributed by atoms with Crippen LogP contribution in [0.1, 0.15) is 11.4 Å². The van der Waals surface area contributed by atoms with E-state index in [-0.39, 0.29) is 35.4 Å². The number of hydrogen-bond acceptors (Lipinski definition) is 7. The quantitative estimate of drug-likeness (QED) is 0.370. The van der Waals surface area contributed by atoms with Gasteiger partial charge >= 0.3 is 11.4 Å². The molecule has 184 valence electrons. The Hall–Kier alpha value is -4.39. The lowest BCUT2D eigenvalue weighted by Crippen LogP contribution is -2.43. The molecule has 0 saturated heterocycles. The summed E-state index contributed by atoms with van der Waals surface area (Å²) in [7, 11) is 3.40. The number of nitrogens with one attached hydrogen (secondary N) is 1. The van der Waals surface area contributed by atoms with Gasteiger partial charge in [0.05, 0.1) is 29.3 Å². The number of aryl methyl sites for hydroxylation is 2. The number of hydrogen-bond donors (Lipinski definition) is 1. The highest BCUT2D eigenvalue weighted by molar-refractivity contribution is 6.34. The first kappa shape index (κ1) is 23.4. The van der Waals surface area contributed by atoms with Crippen LogP contribution in [0.3, 0.4) is 0 Å². The van der Waals surface area contributed by atoms with E-state index in [1.807, 2.05) is 0 Å². The van der Waals surface area contributed by atoms with Crippen LogP contribution >= 0.6 is 11.6 Å². The zero-order valence-corrected chi connectivity index (χ0v) is 19.7. The van der Waals surface area contributed by atoms with Crippen LogP contribution in [0, 0.1) is 11.6 Å². The Morgan fingerprint density at radius 2 is 1.69 bits per heavy atom. The molecule has 0 fully saturated rings. The van der Waals surface area contributed by atoms with Crippen LogP contribution in [0.4, 0.5) is 20.4 Å². The smallest absolute Gasteiger partial charge is 0.324 e. The SMILES string of the molecule is Cn1cnc(Cn2c(=O)nc(Nc3cc4cn(C)nc4cc3Cl)n(Cc3cc(F)cc(F)c3)c2=O)n1. The Kier molecular flexibility index (Phi) is 5.84. The van der Waals surface area contributed by atoms with Gasteiger partial charge in [0.25, 0.3) is 0 Å². The van der Waals surface area contributed by atoms with Crippen molar-refractivity contribution in [3.63, 3.8) is 0 Å². The minimum atomic E-state index is -0.866. The van der Waals surface area contributed by atoms with Crippen molar-refractivity contribution < 1.29 is 8.78 Å². The van der Waals surface area contributed by atoms with Gasteiger partial charge in [-0.25, -0.2) is 27.9 Å². The summed E-state index contributed by atoms with van der Waals surface area (Å²) in [6.07, 6.45) is 3.19. The van der Waals surface area contributed by atoms with Crippen molar-refractivity contribution in [3.05, 3.63) is 91.9 Å². The molecule has 14 heteroatoms. The molecule has 0 saturated carbocycles. The normalized spacial score (nSPS) is 11.4. The lowest BCUT2D eigenvalue weighted by molar-refractivity contribution is 0.560. The molecule has 2 aromatic carbocycles. The number of rotatable bonds is 6. The van der Waals surface area contributed by atoms with Crippen LogP contribution in [0.15, 0.2) is 52.4 Å². The predicted octanol–water partition coefficient (Wildman–Crippen LogP) is 2.19. The number of fused-ring (bicyclic) bond motifs is 1. The van der Waals surface area contributed by atoms with Gasteiger partial charge in [-0.05, 0) is 29.8 Å². The van der Waals surface area contributed by atoms with Crippen molar-refractivity contribution in [3.8, 4) is 0 Å². The van der Waals surface area contributed by atoms with E-state index in [1.54, 1.807) is 37.1 Å². The summed E-state index contributed by atoms with van der Waals surface area (Å²) < 4.78 is 32.7. The topological polar surface area (TPSA) is 117 Å². The van der Waals surface area contributed by atoms with Crippen molar-refractivity contribution in [1.29, 1.82) is 0 Å². The number of aromatic nitrogens is 8. The molecule has 36 heavy (non-hydrogen) atoms. The lowest BCUT2D eigenvalue weighted by atomic mass is 10.2. The van der Waals surface area contributed by atoms with Crippen LogP contribution in [0.25, 0.3) is 10.9 Å². The van der Waals surface area contributed by atoms with Gasteiger partial charge < -0.3 is 5.32 Å². The molecule has 0 unspecified atom stereocenters. The van der Waals surface area contributed by atoms with E-state index >= 15 is 0 Å². The first-order chi connectivity index (χ1) is 17.2. The van der Waals surface area contributed by atoms with Gasteiger partial charge in [0.1, 0.15) is 18.0 Å². The number of benzene rings is 2. The molecule has 0 aliphatic heterocycles. The second-order valence-corrected chi connectivity index (χ2v) is 8.51. The van der Waals surface area contributed by atoms with Crippen LogP contribution < -0.4 is 16.7 Å². The maximum Gasteiger partial charge on any atom is 0.355 e. The van der Waals surface area contributed by atoms with Gasteiger partial charge in [-0.1, -0.05) is 11.6 Å². The molecule has 5 rings (SSSR count). The molecular formula is C22H18ClF2N9O2. The maximum atomic E-state index is 13.9. The molecule has 0 atom stereocenters. The highest BCUT2D eigenvalue weighted by Crippen LogP contribution is 2.29. The van der Waals surface area contributed by atoms with Crippen molar-refractivity contribution >= 4 is 34.1 Å². The summed E-state index contributed by atoms with van der Waals surface area (Å²) in [5.74, 6) is -1.56. The molecule has 3 heterocycles. The number of halogens is 3. The van der Waals surface area contributed by atoms with Gasteiger partial charge in [-0.15, -0.1) is 0 Å².